The zero-order chi connectivity index (χ0) is 8.55. The number of benzene rings is 1. The van der Waals surface area contributed by atoms with Gasteiger partial charge in [0.2, 0.25) is 0 Å². The third-order valence-electron chi connectivity index (χ3n) is 2.38. The van der Waals surface area contributed by atoms with Crippen molar-refractivity contribution in [3.8, 4) is 5.75 Å². The molecule has 2 atom stereocenters. The van der Waals surface area contributed by atoms with Gasteiger partial charge in [0.15, 0.2) is 0 Å². The largest absolute Gasteiger partial charge is 0.496 e. The van der Waals surface area contributed by atoms with Gasteiger partial charge in [0, 0.05) is 12.0 Å². The van der Waals surface area contributed by atoms with Crippen molar-refractivity contribution in [3.63, 3.8) is 0 Å². The minimum atomic E-state index is 0. The molecule has 0 aromatic heterocycles. The van der Waals surface area contributed by atoms with Crippen LogP contribution in [0.3, 0.4) is 0 Å². The zero-order valence-electron chi connectivity index (χ0n) is 7.57. The Morgan fingerprint density at radius 3 is 2.54 bits per heavy atom. The lowest BCUT2D eigenvalue weighted by atomic mass is 10.1. The predicted molar refractivity (Wildman–Crippen MR) is 55.6 cm³/mol. The molecule has 2 rings (SSSR count). The highest BCUT2D eigenvalue weighted by Crippen LogP contribution is 2.42. The van der Waals surface area contributed by atoms with Gasteiger partial charge in [0.25, 0.3) is 0 Å². The first kappa shape index (κ1) is 10.4. The van der Waals surface area contributed by atoms with E-state index in [1.807, 2.05) is 18.2 Å². The number of ether oxygens (including phenoxy) is 1. The minimum Gasteiger partial charge on any atom is -0.496 e. The summed E-state index contributed by atoms with van der Waals surface area (Å²) < 4.78 is 5.24. The third kappa shape index (κ3) is 1.95. The van der Waals surface area contributed by atoms with Crippen molar-refractivity contribution >= 4 is 12.4 Å². The summed E-state index contributed by atoms with van der Waals surface area (Å²) in [6.45, 7) is 0. The van der Waals surface area contributed by atoms with Crippen LogP contribution >= 0.6 is 12.4 Å². The molecule has 0 amide bonds. The van der Waals surface area contributed by atoms with Gasteiger partial charge in [-0.3, -0.25) is 0 Å². The van der Waals surface area contributed by atoms with Gasteiger partial charge in [0.1, 0.15) is 5.75 Å². The molecule has 1 aliphatic rings. The van der Waals surface area contributed by atoms with Crippen LogP contribution < -0.4 is 10.5 Å². The molecular formula is C10H14ClNO. The average molecular weight is 200 g/mol. The summed E-state index contributed by atoms with van der Waals surface area (Å²) >= 11 is 0. The van der Waals surface area contributed by atoms with Crippen molar-refractivity contribution in [2.75, 3.05) is 7.11 Å². The van der Waals surface area contributed by atoms with Crippen molar-refractivity contribution < 1.29 is 4.74 Å². The first-order valence-corrected chi connectivity index (χ1v) is 4.21. The molecule has 0 spiro atoms. The standard InChI is InChI=1S/C10H13NO.ClH/c1-12-10-5-3-2-4-7(10)8-6-9(8)11;/h2-5,8-9H,6,11H2,1H3;1H. The van der Waals surface area contributed by atoms with Gasteiger partial charge < -0.3 is 10.5 Å². The molecule has 2 nitrogen and oxygen atoms in total. The topological polar surface area (TPSA) is 35.2 Å². The van der Waals surface area contributed by atoms with Gasteiger partial charge in [-0.05, 0) is 18.1 Å². The van der Waals surface area contributed by atoms with Crippen molar-refractivity contribution in [2.45, 2.75) is 18.4 Å². The molecule has 1 saturated carbocycles. The van der Waals surface area contributed by atoms with E-state index < -0.39 is 0 Å². The fraction of sp³-hybridized carbons (Fsp3) is 0.400. The summed E-state index contributed by atoms with van der Waals surface area (Å²) in [6.07, 6.45) is 1.10. The van der Waals surface area contributed by atoms with E-state index >= 15 is 0 Å². The van der Waals surface area contributed by atoms with Crippen molar-refractivity contribution in [3.05, 3.63) is 29.8 Å². The molecule has 72 valence electrons. The van der Waals surface area contributed by atoms with Gasteiger partial charge >= 0.3 is 0 Å². The number of para-hydroxylation sites is 1. The van der Waals surface area contributed by atoms with E-state index in [1.54, 1.807) is 7.11 Å². The van der Waals surface area contributed by atoms with Crippen LogP contribution in [0, 0.1) is 0 Å². The minimum absolute atomic E-state index is 0. The number of nitrogens with two attached hydrogens (primary N) is 1. The first-order chi connectivity index (χ1) is 5.83. The van der Waals surface area contributed by atoms with E-state index in [0.29, 0.717) is 12.0 Å². The lowest BCUT2D eigenvalue weighted by molar-refractivity contribution is 0.409. The highest BCUT2D eigenvalue weighted by Gasteiger charge is 2.36. The maximum Gasteiger partial charge on any atom is 0.122 e. The van der Waals surface area contributed by atoms with Gasteiger partial charge in [-0.25, -0.2) is 0 Å². The molecule has 0 heterocycles. The number of halogens is 1. The van der Waals surface area contributed by atoms with E-state index in [0.717, 1.165) is 12.2 Å². The number of hydrogen-bond donors (Lipinski definition) is 1. The summed E-state index contributed by atoms with van der Waals surface area (Å²) in [6, 6.07) is 8.44. The Hall–Kier alpha value is -0.730. The van der Waals surface area contributed by atoms with E-state index in [4.69, 9.17) is 10.5 Å². The zero-order valence-corrected chi connectivity index (χ0v) is 8.38. The lowest BCUT2D eigenvalue weighted by Crippen LogP contribution is -2.01. The smallest absolute Gasteiger partial charge is 0.122 e. The van der Waals surface area contributed by atoms with Crippen molar-refractivity contribution in [1.82, 2.24) is 0 Å². The first-order valence-electron chi connectivity index (χ1n) is 4.21. The maximum absolute atomic E-state index is 5.77. The summed E-state index contributed by atoms with van der Waals surface area (Å²) in [7, 11) is 1.70. The Balaban J connectivity index is 0.000000845. The third-order valence-corrected chi connectivity index (χ3v) is 2.38. The lowest BCUT2D eigenvalue weighted by Gasteiger charge is -2.05. The van der Waals surface area contributed by atoms with Gasteiger partial charge in [-0.2, -0.15) is 0 Å². The summed E-state index contributed by atoms with van der Waals surface area (Å²) in [5, 5.41) is 0. The van der Waals surface area contributed by atoms with Crippen LogP contribution in [0.4, 0.5) is 0 Å². The van der Waals surface area contributed by atoms with Crippen LogP contribution in [0.2, 0.25) is 0 Å². The molecule has 1 aliphatic carbocycles. The highest BCUT2D eigenvalue weighted by molar-refractivity contribution is 5.85. The molecule has 1 aromatic carbocycles. The van der Waals surface area contributed by atoms with E-state index in [1.165, 1.54) is 5.56 Å². The SMILES string of the molecule is COc1ccccc1C1CC1N.Cl. The number of hydrogen-bond acceptors (Lipinski definition) is 2. The molecule has 0 radical (unpaired) electrons. The van der Waals surface area contributed by atoms with Crippen LogP contribution in [0.5, 0.6) is 5.75 Å². The fourth-order valence-corrected chi connectivity index (χ4v) is 1.55. The molecule has 1 fully saturated rings. The quantitative estimate of drug-likeness (QED) is 0.790. The Morgan fingerprint density at radius 1 is 1.38 bits per heavy atom. The van der Waals surface area contributed by atoms with E-state index in [9.17, 15) is 0 Å². The van der Waals surface area contributed by atoms with Gasteiger partial charge in [0.05, 0.1) is 7.11 Å². The molecule has 13 heavy (non-hydrogen) atoms. The number of methoxy groups -OCH3 is 1. The van der Waals surface area contributed by atoms with Crippen LogP contribution in [-0.4, -0.2) is 13.2 Å². The summed E-state index contributed by atoms with van der Waals surface area (Å²) in [5.74, 6) is 1.50. The van der Waals surface area contributed by atoms with Gasteiger partial charge in [-0.15, -0.1) is 12.4 Å². The Bertz CT molecular complexity index is 290. The Labute approximate surface area is 84.5 Å². The van der Waals surface area contributed by atoms with Crippen molar-refractivity contribution in [1.29, 1.82) is 0 Å². The summed E-state index contributed by atoms with van der Waals surface area (Å²) in [4.78, 5) is 0. The number of rotatable bonds is 2. The predicted octanol–water partition coefficient (Wildman–Crippen LogP) is 1.93. The second-order valence-corrected chi connectivity index (χ2v) is 3.25. The highest BCUT2D eigenvalue weighted by atomic mass is 35.5. The van der Waals surface area contributed by atoms with Crippen molar-refractivity contribution in [2.24, 2.45) is 5.73 Å². The van der Waals surface area contributed by atoms with Crippen LogP contribution in [0.25, 0.3) is 0 Å². The average Bonchev–Trinajstić information content (AvgIpc) is 2.83. The van der Waals surface area contributed by atoms with Crippen LogP contribution in [0.1, 0.15) is 17.9 Å². The molecule has 3 heteroatoms. The van der Waals surface area contributed by atoms with Crippen LogP contribution in [-0.2, 0) is 0 Å². The molecule has 1 aromatic rings. The Kier molecular flexibility index (Phi) is 3.17. The second-order valence-electron chi connectivity index (χ2n) is 3.25. The van der Waals surface area contributed by atoms with Crippen LogP contribution in [0.15, 0.2) is 24.3 Å². The molecule has 0 aliphatic heterocycles. The molecular weight excluding hydrogens is 186 g/mol. The van der Waals surface area contributed by atoms with Gasteiger partial charge in [-0.1, -0.05) is 18.2 Å². The summed E-state index contributed by atoms with van der Waals surface area (Å²) in [5.41, 5.74) is 7.02. The Morgan fingerprint density at radius 2 is 2.00 bits per heavy atom. The molecule has 2 N–H and O–H groups in total. The monoisotopic (exact) mass is 199 g/mol. The molecule has 0 saturated heterocycles. The van der Waals surface area contributed by atoms with E-state index in [2.05, 4.69) is 6.07 Å². The normalized spacial score (nSPS) is 24.8. The molecule has 0 bridgehead atoms. The molecule has 2 unspecified atom stereocenters. The van der Waals surface area contributed by atoms with E-state index in [-0.39, 0.29) is 12.4 Å². The fourth-order valence-electron chi connectivity index (χ4n) is 1.55. The second kappa shape index (κ2) is 3.99. The maximum atomic E-state index is 5.77.